The zero-order valence-electron chi connectivity index (χ0n) is 9.88. The summed E-state index contributed by atoms with van der Waals surface area (Å²) < 4.78 is 18.9. The summed E-state index contributed by atoms with van der Waals surface area (Å²) in [5.74, 6) is -1.64. The number of para-hydroxylation sites is 2. The molecular formula is C13H7ClFNO4. The van der Waals surface area contributed by atoms with Crippen LogP contribution in [0.25, 0.3) is 0 Å². The van der Waals surface area contributed by atoms with Crippen LogP contribution < -0.4 is 4.74 Å². The van der Waals surface area contributed by atoms with Crippen LogP contribution in [0, 0.1) is 15.9 Å². The lowest BCUT2D eigenvalue weighted by atomic mass is 10.2. The quantitative estimate of drug-likeness (QED) is 0.486. The Morgan fingerprint density at radius 2 is 1.90 bits per heavy atom. The molecular weight excluding hydrogens is 289 g/mol. The lowest BCUT2D eigenvalue weighted by molar-refractivity contribution is -0.385. The highest BCUT2D eigenvalue weighted by atomic mass is 35.5. The highest BCUT2D eigenvalue weighted by Crippen LogP contribution is 2.38. The minimum atomic E-state index is -0.920. The van der Waals surface area contributed by atoms with E-state index in [-0.39, 0.29) is 16.3 Å². The molecule has 0 aliphatic rings. The van der Waals surface area contributed by atoms with Crippen LogP contribution in [0.2, 0.25) is 5.02 Å². The van der Waals surface area contributed by atoms with Crippen LogP contribution >= 0.6 is 11.6 Å². The van der Waals surface area contributed by atoms with E-state index in [4.69, 9.17) is 16.3 Å². The smallest absolute Gasteiger partial charge is 0.314 e. The summed E-state index contributed by atoms with van der Waals surface area (Å²) in [6, 6.07) is 7.63. The number of carbonyl (C=O) groups is 1. The van der Waals surface area contributed by atoms with E-state index in [9.17, 15) is 19.3 Å². The molecule has 0 saturated carbocycles. The molecule has 0 atom stereocenters. The van der Waals surface area contributed by atoms with Crippen LogP contribution in [0.3, 0.4) is 0 Å². The van der Waals surface area contributed by atoms with Crippen LogP contribution in [0.1, 0.15) is 10.4 Å². The number of nitrogens with zero attached hydrogens (tertiary/aromatic N) is 1. The topological polar surface area (TPSA) is 69.4 Å². The zero-order chi connectivity index (χ0) is 14.7. The average molecular weight is 296 g/mol. The van der Waals surface area contributed by atoms with Crippen molar-refractivity contribution < 1.29 is 18.8 Å². The fourth-order valence-corrected chi connectivity index (χ4v) is 1.79. The minimum Gasteiger partial charge on any atom is -0.445 e. The van der Waals surface area contributed by atoms with E-state index in [1.807, 2.05) is 0 Å². The van der Waals surface area contributed by atoms with Crippen LogP contribution in [0.4, 0.5) is 10.1 Å². The third-order valence-corrected chi connectivity index (χ3v) is 2.77. The van der Waals surface area contributed by atoms with Gasteiger partial charge in [0.05, 0.1) is 15.5 Å². The minimum absolute atomic E-state index is 0.0483. The van der Waals surface area contributed by atoms with Gasteiger partial charge in [0.1, 0.15) is 0 Å². The van der Waals surface area contributed by atoms with Crippen molar-refractivity contribution in [1.29, 1.82) is 0 Å². The third-order valence-electron chi connectivity index (χ3n) is 2.47. The molecule has 0 amide bonds. The molecule has 0 aromatic heterocycles. The first kappa shape index (κ1) is 14.0. The Kier molecular flexibility index (Phi) is 3.95. The third kappa shape index (κ3) is 2.60. The Bertz CT molecular complexity index is 690. The maximum absolute atomic E-state index is 13.7. The molecule has 0 bridgehead atoms. The van der Waals surface area contributed by atoms with Crippen molar-refractivity contribution in [3.63, 3.8) is 0 Å². The van der Waals surface area contributed by atoms with Crippen LogP contribution in [-0.2, 0) is 0 Å². The molecule has 2 aromatic rings. The van der Waals surface area contributed by atoms with E-state index in [0.717, 1.165) is 12.1 Å². The first-order valence-electron chi connectivity index (χ1n) is 5.39. The molecule has 0 N–H and O–H groups in total. The number of benzene rings is 2. The molecule has 20 heavy (non-hydrogen) atoms. The van der Waals surface area contributed by atoms with E-state index in [1.165, 1.54) is 24.3 Å². The maximum atomic E-state index is 13.7. The fourth-order valence-electron chi connectivity index (χ4n) is 1.57. The standard InChI is InChI=1S/C13H7ClFNO4/c14-9-4-1-3-8(7-17)12(9)20-13-10(15)5-2-6-11(13)16(18)19/h1-7H. The van der Waals surface area contributed by atoms with Crippen molar-refractivity contribution in [2.45, 2.75) is 0 Å². The van der Waals surface area contributed by atoms with Gasteiger partial charge in [-0.1, -0.05) is 23.7 Å². The van der Waals surface area contributed by atoms with Gasteiger partial charge in [0, 0.05) is 6.07 Å². The highest BCUT2D eigenvalue weighted by Gasteiger charge is 2.22. The van der Waals surface area contributed by atoms with Crippen LogP contribution in [0.15, 0.2) is 36.4 Å². The second-order valence-electron chi connectivity index (χ2n) is 3.72. The van der Waals surface area contributed by atoms with Gasteiger partial charge in [-0.3, -0.25) is 14.9 Å². The molecule has 0 radical (unpaired) electrons. The average Bonchev–Trinajstić information content (AvgIpc) is 2.42. The van der Waals surface area contributed by atoms with Gasteiger partial charge in [0.2, 0.25) is 5.75 Å². The first-order chi connectivity index (χ1) is 9.54. The summed E-state index contributed by atoms with van der Waals surface area (Å²) in [6.45, 7) is 0. The van der Waals surface area contributed by atoms with Crippen molar-refractivity contribution in [1.82, 2.24) is 0 Å². The molecule has 5 nitrogen and oxygen atoms in total. The summed E-state index contributed by atoms with van der Waals surface area (Å²) in [7, 11) is 0. The van der Waals surface area contributed by atoms with Crippen molar-refractivity contribution in [2.24, 2.45) is 0 Å². The fraction of sp³-hybridized carbons (Fsp3) is 0. The van der Waals surface area contributed by atoms with Crippen molar-refractivity contribution in [3.05, 3.63) is 62.9 Å². The Balaban J connectivity index is 2.56. The van der Waals surface area contributed by atoms with Gasteiger partial charge < -0.3 is 4.74 Å². The van der Waals surface area contributed by atoms with Gasteiger partial charge >= 0.3 is 5.69 Å². The van der Waals surface area contributed by atoms with Gasteiger partial charge in [0.25, 0.3) is 0 Å². The number of nitro groups is 1. The Morgan fingerprint density at radius 1 is 1.20 bits per heavy atom. The van der Waals surface area contributed by atoms with E-state index in [1.54, 1.807) is 0 Å². The van der Waals surface area contributed by atoms with Crippen molar-refractivity contribution in [3.8, 4) is 11.5 Å². The summed E-state index contributed by atoms with van der Waals surface area (Å²) in [6.07, 6.45) is 0.466. The van der Waals surface area contributed by atoms with Gasteiger partial charge in [0.15, 0.2) is 17.9 Å². The van der Waals surface area contributed by atoms with E-state index >= 15 is 0 Å². The number of rotatable bonds is 4. The zero-order valence-corrected chi connectivity index (χ0v) is 10.6. The van der Waals surface area contributed by atoms with Gasteiger partial charge in [-0.25, -0.2) is 4.39 Å². The van der Waals surface area contributed by atoms with E-state index < -0.39 is 22.2 Å². The lowest BCUT2D eigenvalue weighted by Gasteiger charge is -2.10. The molecule has 7 heteroatoms. The van der Waals surface area contributed by atoms with E-state index in [0.29, 0.717) is 6.29 Å². The van der Waals surface area contributed by atoms with E-state index in [2.05, 4.69) is 0 Å². The number of carbonyl (C=O) groups excluding carboxylic acids is 1. The lowest BCUT2D eigenvalue weighted by Crippen LogP contribution is -1.98. The molecule has 0 saturated heterocycles. The molecule has 2 aromatic carbocycles. The Morgan fingerprint density at radius 3 is 2.55 bits per heavy atom. The molecule has 0 heterocycles. The molecule has 0 fully saturated rings. The second-order valence-corrected chi connectivity index (χ2v) is 4.13. The number of nitro benzene ring substituents is 1. The number of aldehydes is 1. The molecule has 0 aliphatic carbocycles. The molecule has 102 valence electrons. The number of halogens is 2. The van der Waals surface area contributed by atoms with Gasteiger partial charge in [-0.2, -0.15) is 0 Å². The normalized spacial score (nSPS) is 10.1. The predicted octanol–water partition coefficient (Wildman–Crippen LogP) is 3.99. The first-order valence-corrected chi connectivity index (χ1v) is 5.77. The largest absolute Gasteiger partial charge is 0.445 e. The van der Waals surface area contributed by atoms with Crippen LogP contribution in [0.5, 0.6) is 11.5 Å². The van der Waals surface area contributed by atoms with Crippen molar-refractivity contribution in [2.75, 3.05) is 0 Å². The summed E-state index contributed by atoms with van der Waals surface area (Å²) in [5.41, 5.74) is -0.489. The van der Waals surface area contributed by atoms with Crippen molar-refractivity contribution >= 4 is 23.6 Å². The van der Waals surface area contributed by atoms with Gasteiger partial charge in [-0.05, 0) is 18.2 Å². The van der Waals surface area contributed by atoms with Crippen LogP contribution in [-0.4, -0.2) is 11.2 Å². The summed E-state index contributed by atoms with van der Waals surface area (Å²) in [5, 5.41) is 10.9. The maximum Gasteiger partial charge on any atom is 0.314 e. The summed E-state index contributed by atoms with van der Waals surface area (Å²) >= 11 is 5.87. The monoisotopic (exact) mass is 295 g/mol. The Labute approximate surface area is 117 Å². The molecule has 2 rings (SSSR count). The highest BCUT2D eigenvalue weighted by molar-refractivity contribution is 6.32. The summed E-state index contributed by atoms with van der Waals surface area (Å²) in [4.78, 5) is 21.0. The number of hydrogen-bond donors (Lipinski definition) is 0. The second kappa shape index (κ2) is 5.66. The number of hydrogen-bond acceptors (Lipinski definition) is 4. The molecule has 0 aliphatic heterocycles. The molecule has 0 unspecified atom stereocenters. The SMILES string of the molecule is O=Cc1cccc(Cl)c1Oc1c(F)cccc1[N+](=O)[O-]. The predicted molar refractivity (Wildman–Crippen MR) is 70.0 cm³/mol. The van der Waals surface area contributed by atoms with Gasteiger partial charge in [-0.15, -0.1) is 0 Å². The molecule has 0 spiro atoms. The Hall–Kier alpha value is -2.47. The number of ether oxygens (including phenoxy) is 1.